The molecule has 3 rings (SSSR count). The van der Waals surface area contributed by atoms with E-state index in [-0.39, 0.29) is 12.2 Å². The summed E-state index contributed by atoms with van der Waals surface area (Å²) in [7, 11) is 0. The Balaban J connectivity index is 1.67. The van der Waals surface area contributed by atoms with Gasteiger partial charge in [-0.05, 0) is 45.7 Å². The Labute approximate surface area is 131 Å². The quantitative estimate of drug-likeness (QED) is 0.841. The first-order valence-corrected chi connectivity index (χ1v) is 7.99. The van der Waals surface area contributed by atoms with Gasteiger partial charge in [-0.3, -0.25) is 4.98 Å². The molecule has 1 aromatic heterocycles. The highest BCUT2D eigenvalue weighted by Gasteiger charge is 2.31. The smallest absolute Gasteiger partial charge is 0.410 e. The normalized spacial score (nSPS) is 22.5. The lowest BCUT2D eigenvalue weighted by atomic mass is 10.1. The Morgan fingerprint density at radius 1 is 1.32 bits per heavy atom. The van der Waals surface area contributed by atoms with E-state index in [1.54, 1.807) is 4.90 Å². The highest BCUT2D eigenvalue weighted by atomic mass is 16.6. The van der Waals surface area contributed by atoms with Crippen LogP contribution < -0.4 is 0 Å². The number of carbonyl (C=O) groups excluding carboxylic acids is 1. The van der Waals surface area contributed by atoms with Gasteiger partial charge in [0.25, 0.3) is 0 Å². The maximum atomic E-state index is 12.2. The predicted molar refractivity (Wildman–Crippen MR) is 82.7 cm³/mol. The molecule has 2 fully saturated rings. The Hall–Kier alpha value is -1.62. The monoisotopic (exact) mass is 304 g/mol. The van der Waals surface area contributed by atoms with Crippen molar-refractivity contribution in [3.05, 3.63) is 29.6 Å². The van der Waals surface area contributed by atoms with Gasteiger partial charge in [-0.25, -0.2) is 4.79 Å². The van der Waals surface area contributed by atoms with Crippen molar-refractivity contribution in [3.63, 3.8) is 0 Å². The lowest BCUT2D eigenvalue weighted by molar-refractivity contribution is -0.0447. The molecule has 1 aromatic rings. The summed E-state index contributed by atoms with van der Waals surface area (Å²) in [6.07, 6.45) is 2.01. The fraction of sp³-hybridized carbons (Fsp3) is 0.647. The summed E-state index contributed by atoms with van der Waals surface area (Å²) >= 11 is 0. The van der Waals surface area contributed by atoms with Crippen LogP contribution >= 0.6 is 0 Å². The van der Waals surface area contributed by atoms with Crippen molar-refractivity contribution in [1.82, 2.24) is 9.88 Å². The number of ether oxygens (including phenoxy) is 2. The summed E-state index contributed by atoms with van der Waals surface area (Å²) in [6, 6.07) is 6.09. The molecule has 2 aliphatic rings. The number of amides is 1. The number of carbonyl (C=O) groups is 1. The van der Waals surface area contributed by atoms with Gasteiger partial charge in [-0.15, -0.1) is 0 Å². The minimum atomic E-state index is -0.477. The summed E-state index contributed by atoms with van der Waals surface area (Å²) in [4.78, 5) is 18.6. The van der Waals surface area contributed by atoms with Crippen molar-refractivity contribution in [3.8, 4) is 0 Å². The molecule has 1 saturated heterocycles. The summed E-state index contributed by atoms with van der Waals surface area (Å²) in [5, 5.41) is 0. The van der Waals surface area contributed by atoms with Gasteiger partial charge in [-0.1, -0.05) is 6.07 Å². The third kappa shape index (κ3) is 3.77. The van der Waals surface area contributed by atoms with Crippen molar-refractivity contribution in [2.75, 3.05) is 19.7 Å². The molecular formula is C17H24N2O3. The van der Waals surface area contributed by atoms with Gasteiger partial charge < -0.3 is 14.4 Å². The van der Waals surface area contributed by atoms with Gasteiger partial charge >= 0.3 is 6.09 Å². The molecule has 1 aliphatic carbocycles. The molecule has 1 aliphatic heterocycles. The molecule has 22 heavy (non-hydrogen) atoms. The highest BCUT2D eigenvalue weighted by Crippen LogP contribution is 2.39. The van der Waals surface area contributed by atoms with Crippen molar-refractivity contribution < 1.29 is 14.3 Å². The van der Waals surface area contributed by atoms with Crippen LogP contribution in [0.1, 0.15) is 57.0 Å². The zero-order chi connectivity index (χ0) is 15.7. The van der Waals surface area contributed by atoms with Crippen LogP contribution in [0, 0.1) is 0 Å². The number of hydrogen-bond acceptors (Lipinski definition) is 4. The van der Waals surface area contributed by atoms with E-state index in [0.29, 0.717) is 25.6 Å². The first-order chi connectivity index (χ1) is 10.4. The van der Waals surface area contributed by atoms with E-state index >= 15 is 0 Å². The number of rotatable bonds is 2. The molecule has 5 nitrogen and oxygen atoms in total. The van der Waals surface area contributed by atoms with E-state index in [4.69, 9.17) is 14.5 Å². The van der Waals surface area contributed by atoms with Crippen molar-refractivity contribution >= 4 is 6.09 Å². The molecule has 1 unspecified atom stereocenters. The second-order valence-corrected chi connectivity index (χ2v) is 7.05. The molecule has 1 atom stereocenters. The molecule has 1 saturated carbocycles. The summed E-state index contributed by atoms with van der Waals surface area (Å²) in [6.45, 7) is 7.21. The first-order valence-electron chi connectivity index (χ1n) is 7.99. The molecule has 0 spiro atoms. The van der Waals surface area contributed by atoms with Crippen LogP contribution in [0.4, 0.5) is 4.79 Å². The van der Waals surface area contributed by atoms with Gasteiger partial charge in [0.1, 0.15) is 11.7 Å². The maximum Gasteiger partial charge on any atom is 0.410 e. The largest absolute Gasteiger partial charge is 0.444 e. The fourth-order valence-electron chi connectivity index (χ4n) is 2.58. The molecule has 0 radical (unpaired) electrons. The van der Waals surface area contributed by atoms with Gasteiger partial charge in [0.05, 0.1) is 18.8 Å². The standard InChI is InChI=1S/C17H24N2O3/c1-17(2,3)22-16(20)19-9-10-21-15(11-19)14-6-4-5-13(18-14)12-7-8-12/h4-6,12,15H,7-11H2,1-3H3. The van der Waals surface area contributed by atoms with Crippen LogP contribution in [0.3, 0.4) is 0 Å². The Bertz CT molecular complexity index is 549. The topological polar surface area (TPSA) is 51.7 Å². The Kier molecular flexibility index (Phi) is 4.08. The van der Waals surface area contributed by atoms with E-state index in [1.807, 2.05) is 32.9 Å². The van der Waals surface area contributed by atoms with E-state index < -0.39 is 5.60 Å². The predicted octanol–water partition coefficient (Wildman–Crippen LogP) is 3.27. The molecule has 5 heteroatoms. The number of hydrogen-bond donors (Lipinski definition) is 0. The van der Waals surface area contributed by atoms with E-state index in [2.05, 4.69) is 6.07 Å². The van der Waals surface area contributed by atoms with Gasteiger partial charge in [0.2, 0.25) is 0 Å². The lowest BCUT2D eigenvalue weighted by Gasteiger charge is -2.34. The molecule has 0 aromatic carbocycles. The van der Waals surface area contributed by atoms with Crippen LogP contribution in [-0.2, 0) is 9.47 Å². The Morgan fingerprint density at radius 2 is 2.05 bits per heavy atom. The maximum absolute atomic E-state index is 12.2. The van der Waals surface area contributed by atoms with Gasteiger partial charge in [0, 0.05) is 18.2 Å². The summed E-state index contributed by atoms with van der Waals surface area (Å²) in [5.41, 5.74) is 1.59. The summed E-state index contributed by atoms with van der Waals surface area (Å²) in [5.74, 6) is 0.616. The number of pyridine rings is 1. The SMILES string of the molecule is CC(C)(C)OC(=O)N1CCOC(c2cccc(C3CC3)n2)C1. The molecular weight excluding hydrogens is 280 g/mol. The average Bonchev–Trinajstić information content (AvgIpc) is 3.30. The zero-order valence-corrected chi connectivity index (χ0v) is 13.5. The van der Waals surface area contributed by atoms with Crippen LogP contribution in [0.2, 0.25) is 0 Å². The summed E-state index contributed by atoms with van der Waals surface area (Å²) < 4.78 is 11.3. The minimum Gasteiger partial charge on any atom is -0.444 e. The van der Waals surface area contributed by atoms with Gasteiger partial charge in [0.15, 0.2) is 0 Å². The number of nitrogens with zero attached hydrogens (tertiary/aromatic N) is 2. The number of aromatic nitrogens is 1. The third-order valence-electron chi connectivity index (χ3n) is 3.84. The van der Waals surface area contributed by atoms with Crippen LogP contribution in [0.5, 0.6) is 0 Å². The average molecular weight is 304 g/mol. The second-order valence-electron chi connectivity index (χ2n) is 7.05. The highest BCUT2D eigenvalue weighted by molar-refractivity contribution is 5.68. The minimum absolute atomic E-state index is 0.167. The van der Waals surface area contributed by atoms with Crippen LogP contribution in [-0.4, -0.2) is 41.3 Å². The van der Waals surface area contributed by atoms with Crippen molar-refractivity contribution in [1.29, 1.82) is 0 Å². The zero-order valence-electron chi connectivity index (χ0n) is 13.5. The van der Waals surface area contributed by atoms with Crippen molar-refractivity contribution in [2.45, 2.75) is 51.2 Å². The molecule has 120 valence electrons. The van der Waals surface area contributed by atoms with E-state index in [0.717, 1.165) is 11.4 Å². The van der Waals surface area contributed by atoms with Crippen LogP contribution in [0.15, 0.2) is 18.2 Å². The lowest BCUT2D eigenvalue weighted by Crippen LogP contribution is -2.44. The van der Waals surface area contributed by atoms with Crippen LogP contribution in [0.25, 0.3) is 0 Å². The van der Waals surface area contributed by atoms with Gasteiger partial charge in [-0.2, -0.15) is 0 Å². The van der Waals surface area contributed by atoms with Crippen molar-refractivity contribution in [2.24, 2.45) is 0 Å². The Morgan fingerprint density at radius 3 is 2.73 bits per heavy atom. The second kappa shape index (κ2) is 5.88. The number of morpholine rings is 1. The first kappa shape index (κ1) is 15.3. The molecule has 2 heterocycles. The molecule has 1 amide bonds. The molecule has 0 N–H and O–H groups in total. The fourth-order valence-corrected chi connectivity index (χ4v) is 2.58. The third-order valence-corrected chi connectivity index (χ3v) is 3.84. The van der Waals surface area contributed by atoms with E-state index in [9.17, 15) is 4.79 Å². The molecule has 0 bridgehead atoms. The van der Waals surface area contributed by atoms with E-state index in [1.165, 1.54) is 12.8 Å².